The molecule has 0 unspecified atom stereocenters. The monoisotopic (exact) mass is 500 g/mol. The summed E-state index contributed by atoms with van der Waals surface area (Å²) in [5.41, 5.74) is 3.71. The van der Waals surface area contributed by atoms with E-state index in [0.29, 0.717) is 29.6 Å². The second-order valence-corrected chi connectivity index (χ2v) is 10.6. The first-order valence-corrected chi connectivity index (χ1v) is 13.2. The van der Waals surface area contributed by atoms with Crippen molar-refractivity contribution in [1.29, 1.82) is 0 Å². The highest BCUT2D eigenvalue weighted by Crippen LogP contribution is 2.35. The van der Waals surface area contributed by atoms with Crippen LogP contribution in [0, 0.1) is 0 Å². The van der Waals surface area contributed by atoms with Gasteiger partial charge in [-0.3, -0.25) is 4.98 Å². The highest BCUT2D eigenvalue weighted by molar-refractivity contribution is 7.89. The molecule has 5 aromatic rings. The van der Waals surface area contributed by atoms with Crippen LogP contribution in [0.3, 0.4) is 0 Å². The van der Waals surface area contributed by atoms with Crippen LogP contribution in [0.2, 0.25) is 0 Å². The van der Waals surface area contributed by atoms with Crippen LogP contribution in [0.25, 0.3) is 38.7 Å². The molecule has 0 spiro atoms. The third-order valence-electron chi connectivity index (χ3n) is 6.84. The topological polar surface area (TPSA) is 136 Å². The largest absolute Gasteiger partial charge is 0.383 e. The van der Waals surface area contributed by atoms with E-state index in [1.54, 1.807) is 41.3 Å². The zero-order valence-electron chi connectivity index (χ0n) is 19.3. The van der Waals surface area contributed by atoms with E-state index in [1.807, 2.05) is 30.5 Å². The Balaban J connectivity index is 1.38. The van der Waals surface area contributed by atoms with Crippen LogP contribution in [0.15, 0.2) is 78.2 Å². The SMILES string of the molecule is NS(=O)(=O)c1ccc(-c2cnn3cc(-c4ccc(C5(O)CCNCC5)nc4)cnc23)c2ccccc12. The van der Waals surface area contributed by atoms with Crippen LogP contribution in [-0.2, 0) is 15.6 Å². The summed E-state index contributed by atoms with van der Waals surface area (Å²) in [5, 5.41) is 25.4. The predicted octanol–water partition coefficient (Wildman–Crippen LogP) is 2.83. The summed E-state index contributed by atoms with van der Waals surface area (Å²) in [5.74, 6) is 0. The summed E-state index contributed by atoms with van der Waals surface area (Å²) in [6, 6.07) is 14.3. The fourth-order valence-corrected chi connectivity index (χ4v) is 5.65. The van der Waals surface area contributed by atoms with Gasteiger partial charge in [-0.15, -0.1) is 0 Å². The molecule has 2 aromatic carbocycles. The van der Waals surface area contributed by atoms with E-state index < -0.39 is 15.6 Å². The molecule has 1 fully saturated rings. The van der Waals surface area contributed by atoms with Gasteiger partial charge in [0.1, 0.15) is 5.60 Å². The molecule has 10 heteroatoms. The summed E-state index contributed by atoms with van der Waals surface area (Å²) in [6.45, 7) is 1.53. The molecule has 9 nitrogen and oxygen atoms in total. The van der Waals surface area contributed by atoms with Gasteiger partial charge in [-0.2, -0.15) is 5.10 Å². The molecule has 1 aliphatic heterocycles. The Morgan fingerprint density at radius 2 is 1.64 bits per heavy atom. The standard InChI is InChI=1S/C26H24N6O3S/c27-36(34,35)23-7-6-20(19-3-1-2-4-21(19)23)22-15-31-32-16-18(14-30-25(22)32)17-5-8-24(29-13-17)26(33)9-11-28-12-10-26/h1-8,13-16,28,33H,9-12H2,(H2,27,34,35). The number of primary sulfonamides is 1. The molecule has 0 amide bonds. The van der Waals surface area contributed by atoms with Gasteiger partial charge < -0.3 is 10.4 Å². The number of hydrogen-bond acceptors (Lipinski definition) is 7. The molecule has 0 saturated carbocycles. The molecule has 182 valence electrons. The van der Waals surface area contributed by atoms with Crippen LogP contribution in [-0.4, -0.2) is 46.2 Å². The van der Waals surface area contributed by atoms with Crippen molar-refractivity contribution >= 4 is 26.4 Å². The number of aliphatic hydroxyl groups is 1. The maximum Gasteiger partial charge on any atom is 0.238 e. The van der Waals surface area contributed by atoms with E-state index >= 15 is 0 Å². The van der Waals surface area contributed by atoms with Crippen molar-refractivity contribution in [3.05, 3.63) is 79.0 Å². The average Bonchev–Trinajstić information content (AvgIpc) is 3.31. The summed E-state index contributed by atoms with van der Waals surface area (Å²) < 4.78 is 25.9. The number of rotatable bonds is 4. The van der Waals surface area contributed by atoms with E-state index in [2.05, 4.69) is 20.4 Å². The lowest BCUT2D eigenvalue weighted by molar-refractivity contribution is 0.00190. The first-order chi connectivity index (χ1) is 17.3. The van der Waals surface area contributed by atoms with Gasteiger partial charge in [0.15, 0.2) is 5.65 Å². The Morgan fingerprint density at radius 3 is 2.36 bits per heavy atom. The molecule has 3 aromatic heterocycles. The van der Waals surface area contributed by atoms with Gasteiger partial charge in [0.25, 0.3) is 0 Å². The van der Waals surface area contributed by atoms with Crippen LogP contribution >= 0.6 is 0 Å². The number of benzene rings is 2. The van der Waals surface area contributed by atoms with Crippen molar-refractivity contribution in [2.24, 2.45) is 5.14 Å². The number of fused-ring (bicyclic) bond motifs is 2. The van der Waals surface area contributed by atoms with Crippen LogP contribution < -0.4 is 10.5 Å². The molecule has 4 heterocycles. The van der Waals surface area contributed by atoms with E-state index in [9.17, 15) is 13.5 Å². The van der Waals surface area contributed by atoms with Crippen molar-refractivity contribution < 1.29 is 13.5 Å². The normalized spacial score (nSPS) is 15.9. The molecular weight excluding hydrogens is 476 g/mol. The molecule has 1 saturated heterocycles. The Kier molecular flexibility index (Phi) is 5.34. The minimum absolute atomic E-state index is 0.0821. The van der Waals surface area contributed by atoms with E-state index in [0.717, 1.165) is 40.7 Å². The maximum absolute atomic E-state index is 12.1. The lowest BCUT2D eigenvalue weighted by Gasteiger charge is -2.32. The number of aromatic nitrogens is 4. The van der Waals surface area contributed by atoms with Gasteiger partial charge in [0, 0.05) is 40.7 Å². The lowest BCUT2D eigenvalue weighted by atomic mass is 9.88. The number of piperidine rings is 1. The highest BCUT2D eigenvalue weighted by Gasteiger charge is 2.32. The van der Waals surface area contributed by atoms with E-state index in [-0.39, 0.29) is 4.90 Å². The molecule has 1 aliphatic rings. The minimum atomic E-state index is -3.87. The van der Waals surface area contributed by atoms with E-state index in [1.165, 1.54) is 6.07 Å². The maximum atomic E-state index is 12.1. The van der Waals surface area contributed by atoms with Gasteiger partial charge in [0.05, 0.1) is 16.8 Å². The Hall–Kier alpha value is -3.70. The van der Waals surface area contributed by atoms with Crippen LogP contribution in [0.5, 0.6) is 0 Å². The third kappa shape index (κ3) is 3.84. The summed E-state index contributed by atoms with van der Waals surface area (Å²) in [7, 11) is -3.87. The molecular formula is C26H24N6O3S. The molecule has 6 rings (SSSR count). The first kappa shape index (κ1) is 22.7. The van der Waals surface area contributed by atoms with Gasteiger partial charge in [0.2, 0.25) is 10.0 Å². The van der Waals surface area contributed by atoms with Crippen molar-refractivity contribution in [1.82, 2.24) is 24.9 Å². The zero-order chi connectivity index (χ0) is 24.9. The average molecular weight is 501 g/mol. The number of hydrogen-bond donors (Lipinski definition) is 3. The van der Waals surface area contributed by atoms with Gasteiger partial charge in [-0.05, 0) is 49.0 Å². The highest BCUT2D eigenvalue weighted by atomic mass is 32.2. The molecule has 0 bridgehead atoms. The number of sulfonamides is 1. The van der Waals surface area contributed by atoms with Gasteiger partial charge in [-0.25, -0.2) is 23.1 Å². The molecule has 4 N–H and O–H groups in total. The van der Waals surface area contributed by atoms with Crippen LogP contribution in [0.4, 0.5) is 0 Å². The number of nitrogens with two attached hydrogens (primary N) is 1. The predicted molar refractivity (Wildman–Crippen MR) is 137 cm³/mol. The van der Waals surface area contributed by atoms with Crippen molar-refractivity contribution in [3.63, 3.8) is 0 Å². The molecule has 36 heavy (non-hydrogen) atoms. The Bertz CT molecular complexity index is 1710. The fourth-order valence-electron chi connectivity index (χ4n) is 4.90. The van der Waals surface area contributed by atoms with E-state index in [4.69, 9.17) is 5.14 Å². The quantitative estimate of drug-likeness (QED) is 0.345. The minimum Gasteiger partial charge on any atom is -0.383 e. The van der Waals surface area contributed by atoms with Crippen molar-refractivity contribution in [2.75, 3.05) is 13.1 Å². The molecule has 0 atom stereocenters. The van der Waals surface area contributed by atoms with Gasteiger partial charge >= 0.3 is 0 Å². The van der Waals surface area contributed by atoms with Gasteiger partial charge in [-0.1, -0.05) is 36.4 Å². The van der Waals surface area contributed by atoms with Crippen molar-refractivity contribution in [2.45, 2.75) is 23.3 Å². The summed E-state index contributed by atoms with van der Waals surface area (Å²) >= 11 is 0. The Morgan fingerprint density at radius 1 is 0.889 bits per heavy atom. The number of nitrogens with zero attached hydrogens (tertiary/aromatic N) is 4. The number of pyridine rings is 1. The Labute approximate surface area is 207 Å². The second-order valence-electron chi connectivity index (χ2n) is 9.08. The zero-order valence-corrected chi connectivity index (χ0v) is 20.1. The first-order valence-electron chi connectivity index (χ1n) is 11.6. The summed E-state index contributed by atoms with van der Waals surface area (Å²) in [6.07, 6.45) is 8.38. The molecule has 0 aliphatic carbocycles. The third-order valence-corrected chi connectivity index (χ3v) is 7.81. The smallest absolute Gasteiger partial charge is 0.238 e. The molecule has 0 radical (unpaired) electrons. The fraction of sp³-hybridized carbons (Fsp3) is 0.192. The lowest BCUT2D eigenvalue weighted by Crippen LogP contribution is -2.40. The summed E-state index contributed by atoms with van der Waals surface area (Å²) in [4.78, 5) is 9.30. The van der Waals surface area contributed by atoms with Crippen molar-refractivity contribution in [3.8, 4) is 22.3 Å². The number of nitrogens with one attached hydrogen (secondary N) is 1. The van der Waals surface area contributed by atoms with Crippen LogP contribution in [0.1, 0.15) is 18.5 Å². The second kappa shape index (κ2) is 8.45.